The van der Waals surface area contributed by atoms with Crippen molar-refractivity contribution in [2.24, 2.45) is 0 Å². The molecule has 4 rings (SSSR count). The van der Waals surface area contributed by atoms with Crippen molar-refractivity contribution < 1.29 is 4.74 Å². The first kappa shape index (κ1) is 16.1. The van der Waals surface area contributed by atoms with E-state index in [0.29, 0.717) is 5.95 Å². The summed E-state index contributed by atoms with van der Waals surface area (Å²) in [6.45, 7) is 4.38. The largest absolute Gasteiger partial charge is 0.379 e. The van der Waals surface area contributed by atoms with E-state index in [1.807, 2.05) is 18.2 Å². The summed E-state index contributed by atoms with van der Waals surface area (Å²) in [6.07, 6.45) is 3.44. The first-order valence-electron chi connectivity index (χ1n) is 8.28. The van der Waals surface area contributed by atoms with Crippen molar-refractivity contribution in [3.05, 3.63) is 53.7 Å². The Hall–Kier alpha value is -2.35. The highest BCUT2D eigenvalue weighted by Gasteiger charge is 2.18. The second-order valence-electron chi connectivity index (χ2n) is 5.74. The summed E-state index contributed by atoms with van der Waals surface area (Å²) in [5.74, 6) is 0.564. The van der Waals surface area contributed by atoms with E-state index in [9.17, 15) is 0 Å². The number of thiazole rings is 1. The predicted molar refractivity (Wildman–Crippen MR) is 99.0 cm³/mol. The highest BCUT2D eigenvalue weighted by molar-refractivity contribution is 7.16. The third-order valence-corrected chi connectivity index (χ3v) is 4.96. The molecular formula is C18H19N5OS. The number of nitrogens with zero attached hydrogens (tertiary/aromatic N) is 4. The van der Waals surface area contributed by atoms with Crippen LogP contribution in [0.4, 0.5) is 11.1 Å². The number of hydrogen-bond acceptors (Lipinski definition) is 7. The van der Waals surface area contributed by atoms with Crippen LogP contribution in [-0.4, -0.2) is 46.2 Å². The number of benzene rings is 1. The quantitative estimate of drug-likeness (QED) is 0.760. The zero-order valence-corrected chi connectivity index (χ0v) is 14.6. The lowest BCUT2D eigenvalue weighted by Gasteiger charge is -2.26. The second-order valence-corrected chi connectivity index (χ2v) is 6.83. The van der Waals surface area contributed by atoms with Crippen LogP contribution in [0.25, 0.3) is 11.3 Å². The SMILES string of the molecule is c1ccc(-c2nc(Nc3ncccn3)sc2CN2CCOCC2)cc1. The fraction of sp³-hybridized carbons (Fsp3) is 0.278. The third-order valence-electron chi connectivity index (χ3n) is 4.00. The predicted octanol–water partition coefficient (Wildman–Crippen LogP) is 3.18. The van der Waals surface area contributed by atoms with Crippen LogP contribution in [0.3, 0.4) is 0 Å². The molecule has 2 aromatic heterocycles. The molecule has 1 aliphatic rings. The fourth-order valence-corrected chi connectivity index (χ4v) is 3.78. The number of rotatable bonds is 5. The van der Waals surface area contributed by atoms with Crippen molar-refractivity contribution in [3.8, 4) is 11.3 Å². The summed E-state index contributed by atoms with van der Waals surface area (Å²) >= 11 is 1.66. The van der Waals surface area contributed by atoms with E-state index in [1.165, 1.54) is 4.88 Å². The van der Waals surface area contributed by atoms with Gasteiger partial charge < -0.3 is 10.1 Å². The number of nitrogens with one attached hydrogen (secondary N) is 1. The van der Waals surface area contributed by atoms with Gasteiger partial charge in [-0.1, -0.05) is 41.7 Å². The lowest BCUT2D eigenvalue weighted by atomic mass is 10.1. The third kappa shape index (κ3) is 4.01. The average molecular weight is 353 g/mol. The van der Waals surface area contributed by atoms with Gasteiger partial charge in [-0.2, -0.15) is 0 Å². The summed E-state index contributed by atoms with van der Waals surface area (Å²) in [5.41, 5.74) is 2.15. The molecule has 6 nitrogen and oxygen atoms in total. The number of anilines is 2. The van der Waals surface area contributed by atoms with Gasteiger partial charge in [-0.25, -0.2) is 15.0 Å². The van der Waals surface area contributed by atoms with E-state index in [0.717, 1.165) is 49.2 Å². The van der Waals surface area contributed by atoms with E-state index in [4.69, 9.17) is 9.72 Å². The van der Waals surface area contributed by atoms with E-state index in [2.05, 4.69) is 32.3 Å². The molecule has 0 radical (unpaired) electrons. The van der Waals surface area contributed by atoms with Crippen molar-refractivity contribution in [2.75, 3.05) is 31.6 Å². The molecule has 128 valence electrons. The molecule has 1 aliphatic heterocycles. The smallest absolute Gasteiger partial charge is 0.228 e. The number of hydrogen-bond donors (Lipinski definition) is 1. The van der Waals surface area contributed by atoms with Crippen LogP contribution in [0.2, 0.25) is 0 Å². The summed E-state index contributed by atoms with van der Waals surface area (Å²) < 4.78 is 5.45. The molecule has 0 bridgehead atoms. The van der Waals surface area contributed by atoms with Gasteiger partial charge in [-0.05, 0) is 6.07 Å². The Balaban J connectivity index is 1.62. The van der Waals surface area contributed by atoms with Gasteiger partial charge in [0, 0.05) is 42.5 Å². The van der Waals surface area contributed by atoms with Gasteiger partial charge in [-0.3, -0.25) is 4.90 Å². The van der Waals surface area contributed by atoms with E-state index < -0.39 is 0 Å². The van der Waals surface area contributed by atoms with Crippen molar-refractivity contribution in [1.82, 2.24) is 19.9 Å². The standard InChI is InChI=1S/C18H19N5OS/c1-2-5-14(6-3-1)16-15(13-23-9-11-24-12-10-23)25-18(21-16)22-17-19-7-4-8-20-17/h1-8H,9-13H2,(H,19,20,21,22). The molecule has 1 saturated heterocycles. The molecule has 0 spiro atoms. The number of ether oxygens (including phenoxy) is 1. The molecule has 25 heavy (non-hydrogen) atoms. The first-order chi connectivity index (χ1) is 12.4. The maximum Gasteiger partial charge on any atom is 0.228 e. The Morgan fingerprint density at radius 2 is 1.80 bits per heavy atom. The summed E-state index contributed by atoms with van der Waals surface area (Å²) in [6, 6.07) is 12.1. The lowest BCUT2D eigenvalue weighted by Crippen LogP contribution is -2.35. The fourth-order valence-electron chi connectivity index (χ4n) is 2.76. The van der Waals surface area contributed by atoms with Crippen LogP contribution in [0.1, 0.15) is 4.88 Å². The van der Waals surface area contributed by atoms with Gasteiger partial charge in [0.1, 0.15) is 0 Å². The van der Waals surface area contributed by atoms with E-state index in [1.54, 1.807) is 29.8 Å². The highest BCUT2D eigenvalue weighted by Crippen LogP contribution is 2.33. The van der Waals surface area contributed by atoms with Gasteiger partial charge in [0.15, 0.2) is 5.13 Å². The lowest BCUT2D eigenvalue weighted by molar-refractivity contribution is 0.0347. The van der Waals surface area contributed by atoms with Crippen LogP contribution in [0.15, 0.2) is 48.8 Å². The molecule has 0 amide bonds. The Morgan fingerprint density at radius 1 is 1.04 bits per heavy atom. The number of morpholine rings is 1. The minimum Gasteiger partial charge on any atom is -0.379 e. The zero-order valence-electron chi connectivity index (χ0n) is 13.8. The topological polar surface area (TPSA) is 63.2 Å². The van der Waals surface area contributed by atoms with Gasteiger partial charge >= 0.3 is 0 Å². The first-order valence-corrected chi connectivity index (χ1v) is 9.09. The molecule has 1 fully saturated rings. The maximum absolute atomic E-state index is 5.45. The molecule has 0 unspecified atom stereocenters. The molecule has 0 saturated carbocycles. The molecule has 3 aromatic rings. The van der Waals surface area contributed by atoms with Crippen molar-refractivity contribution in [1.29, 1.82) is 0 Å². The van der Waals surface area contributed by atoms with Crippen molar-refractivity contribution in [3.63, 3.8) is 0 Å². The molecule has 1 N–H and O–H groups in total. The Labute approximate surface area is 150 Å². The van der Waals surface area contributed by atoms with Crippen molar-refractivity contribution in [2.45, 2.75) is 6.54 Å². The van der Waals surface area contributed by atoms with Crippen LogP contribution < -0.4 is 5.32 Å². The molecule has 3 heterocycles. The maximum atomic E-state index is 5.45. The minimum absolute atomic E-state index is 0.564. The van der Waals surface area contributed by atoms with E-state index >= 15 is 0 Å². The molecular weight excluding hydrogens is 334 g/mol. The van der Waals surface area contributed by atoms with Crippen LogP contribution in [0, 0.1) is 0 Å². The summed E-state index contributed by atoms with van der Waals surface area (Å²) in [7, 11) is 0. The Kier molecular flexibility index (Phi) is 4.96. The minimum atomic E-state index is 0.564. The van der Waals surface area contributed by atoms with Gasteiger partial charge in [-0.15, -0.1) is 0 Å². The van der Waals surface area contributed by atoms with Gasteiger partial charge in [0.25, 0.3) is 0 Å². The van der Waals surface area contributed by atoms with Crippen LogP contribution in [0.5, 0.6) is 0 Å². The molecule has 0 aliphatic carbocycles. The Morgan fingerprint density at radius 3 is 2.56 bits per heavy atom. The second kappa shape index (κ2) is 7.69. The monoisotopic (exact) mass is 353 g/mol. The van der Waals surface area contributed by atoms with Crippen molar-refractivity contribution >= 4 is 22.4 Å². The van der Waals surface area contributed by atoms with Crippen LogP contribution >= 0.6 is 11.3 Å². The molecule has 7 heteroatoms. The zero-order chi connectivity index (χ0) is 16.9. The summed E-state index contributed by atoms with van der Waals surface area (Å²) in [5, 5.41) is 4.03. The van der Waals surface area contributed by atoms with Crippen LogP contribution in [-0.2, 0) is 11.3 Å². The van der Waals surface area contributed by atoms with Gasteiger partial charge in [0.05, 0.1) is 18.9 Å². The van der Waals surface area contributed by atoms with E-state index in [-0.39, 0.29) is 0 Å². The Bertz CT molecular complexity index is 803. The highest BCUT2D eigenvalue weighted by atomic mass is 32.1. The van der Waals surface area contributed by atoms with Gasteiger partial charge in [0.2, 0.25) is 5.95 Å². The molecule has 0 atom stereocenters. The summed E-state index contributed by atoms with van der Waals surface area (Å²) in [4.78, 5) is 16.9. The number of aromatic nitrogens is 3. The average Bonchev–Trinajstić information content (AvgIpc) is 3.06. The molecule has 1 aromatic carbocycles. The normalized spacial score (nSPS) is 15.2.